The molecule has 5 nitrogen and oxygen atoms in total. The molecule has 0 unspecified atom stereocenters. The molecule has 1 amide bonds. The number of halogens is 1. The zero-order valence-electron chi connectivity index (χ0n) is 8.49. The molecule has 82 valence electrons. The number of aromatic amines is 1. The van der Waals surface area contributed by atoms with Crippen LogP contribution in [0.3, 0.4) is 0 Å². The van der Waals surface area contributed by atoms with E-state index in [-0.39, 0.29) is 11.7 Å². The molecule has 0 saturated heterocycles. The first-order valence-corrected chi connectivity index (χ1v) is 5.40. The first-order valence-electron chi connectivity index (χ1n) is 4.61. The van der Waals surface area contributed by atoms with E-state index < -0.39 is 0 Å². The van der Waals surface area contributed by atoms with E-state index in [2.05, 4.69) is 36.4 Å². The molecule has 0 bridgehead atoms. The number of amides is 1. The number of carbonyl (C=O) groups is 1. The summed E-state index contributed by atoms with van der Waals surface area (Å²) in [5.74, 6) is 0.416. The van der Waals surface area contributed by atoms with Crippen LogP contribution in [-0.4, -0.2) is 21.1 Å². The van der Waals surface area contributed by atoms with E-state index in [9.17, 15) is 4.79 Å². The van der Waals surface area contributed by atoms with Gasteiger partial charge in [-0.1, -0.05) is 22.0 Å². The van der Waals surface area contributed by atoms with Crippen molar-refractivity contribution in [1.82, 2.24) is 15.2 Å². The minimum absolute atomic E-state index is 0.137. The first-order chi connectivity index (χ1) is 7.65. The van der Waals surface area contributed by atoms with Crippen LogP contribution >= 0.6 is 15.9 Å². The third-order valence-electron chi connectivity index (χ3n) is 1.88. The van der Waals surface area contributed by atoms with Crippen molar-refractivity contribution in [3.8, 4) is 0 Å². The molecule has 0 aliphatic carbocycles. The second-order valence-corrected chi connectivity index (χ2v) is 4.12. The predicted molar refractivity (Wildman–Crippen MR) is 63.2 cm³/mol. The summed E-state index contributed by atoms with van der Waals surface area (Å²) in [7, 11) is 0. The van der Waals surface area contributed by atoms with E-state index in [1.165, 1.54) is 0 Å². The molecule has 0 aliphatic rings. The van der Waals surface area contributed by atoms with E-state index >= 15 is 0 Å². The Kier molecular flexibility index (Phi) is 3.00. The maximum absolute atomic E-state index is 11.7. The average molecular weight is 281 g/mol. The summed E-state index contributed by atoms with van der Waals surface area (Å²) < 4.78 is 0.900. The first kappa shape index (κ1) is 10.8. The topological polar surface area (TPSA) is 70.7 Å². The lowest BCUT2D eigenvalue weighted by atomic mass is 10.3. The van der Waals surface area contributed by atoms with Gasteiger partial charge in [0, 0.05) is 10.2 Å². The van der Waals surface area contributed by atoms with Crippen LogP contribution in [-0.2, 0) is 0 Å². The van der Waals surface area contributed by atoms with Crippen LogP contribution in [0, 0.1) is 6.92 Å². The molecule has 2 rings (SSSR count). The van der Waals surface area contributed by atoms with E-state index in [0.717, 1.165) is 4.47 Å². The van der Waals surface area contributed by atoms with Gasteiger partial charge >= 0.3 is 0 Å². The van der Waals surface area contributed by atoms with Gasteiger partial charge in [0.1, 0.15) is 5.82 Å². The molecule has 1 heterocycles. The van der Waals surface area contributed by atoms with Crippen LogP contribution in [0.2, 0.25) is 0 Å². The minimum Gasteiger partial charge on any atom is -0.319 e. The summed E-state index contributed by atoms with van der Waals surface area (Å²) in [6, 6.07) is 7.31. The third kappa shape index (κ3) is 2.46. The Labute approximate surface area is 100 Å². The van der Waals surface area contributed by atoms with Crippen molar-refractivity contribution in [1.29, 1.82) is 0 Å². The quantitative estimate of drug-likeness (QED) is 0.885. The van der Waals surface area contributed by atoms with Crippen molar-refractivity contribution in [2.75, 3.05) is 5.32 Å². The Hall–Kier alpha value is -1.69. The zero-order chi connectivity index (χ0) is 11.5. The Bertz CT molecular complexity index is 523. The Balaban J connectivity index is 2.13. The molecular weight excluding hydrogens is 272 g/mol. The number of anilines is 1. The van der Waals surface area contributed by atoms with Crippen LogP contribution in [0.5, 0.6) is 0 Å². The molecule has 0 spiro atoms. The van der Waals surface area contributed by atoms with E-state index in [1.807, 2.05) is 12.1 Å². The molecule has 6 heteroatoms. The normalized spacial score (nSPS) is 10.1. The van der Waals surface area contributed by atoms with Gasteiger partial charge in [0.2, 0.25) is 5.82 Å². The summed E-state index contributed by atoms with van der Waals surface area (Å²) in [4.78, 5) is 15.6. The Morgan fingerprint density at radius 1 is 1.50 bits per heavy atom. The fraction of sp³-hybridized carbons (Fsp3) is 0.100. The lowest BCUT2D eigenvalue weighted by Crippen LogP contribution is -2.13. The molecule has 2 N–H and O–H groups in total. The van der Waals surface area contributed by atoms with Gasteiger partial charge in [0.15, 0.2) is 0 Å². The molecule has 1 aromatic carbocycles. The van der Waals surface area contributed by atoms with Gasteiger partial charge in [0.05, 0.1) is 0 Å². The van der Waals surface area contributed by atoms with Gasteiger partial charge in [0.25, 0.3) is 5.91 Å². The monoisotopic (exact) mass is 280 g/mol. The maximum atomic E-state index is 11.7. The predicted octanol–water partition coefficient (Wildman–Crippen LogP) is 2.13. The second kappa shape index (κ2) is 4.44. The molecule has 2 aromatic rings. The van der Waals surface area contributed by atoms with Crippen LogP contribution in [0.1, 0.15) is 16.4 Å². The van der Waals surface area contributed by atoms with Crippen molar-refractivity contribution in [3.05, 3.63) is 40.4 Å². The molecule has 0 atom stereocenters. The van der Waals surface area contributed by atoms with E-state index in [0.29, 0.717) is 11.5 Å². The highest BCUT2D eigenvalue weighted by molar-refractivity contribution is 9.10. The maximum Gasteiger partial charge on any atom is 0.295 e. The number of rotatable bonds is 2. The van der Waals surface area contributed by atoms with Gasteiger partial charge < -0.3 is 5.32 Å². The van der Waals surface area contributed by atoms with E-state index in [1.54, 1.807) is 19.1 Å². The minimum atomic E-state index is -0.331. The Morgan fingerprint density at radius 3 is 2.94 bits per heavy atom. The molecule has 0 saturated carbocycles. The van der Waals surface area contributed by atoms with Gasteiger partial charge in [-0.05, 0) is 25.1 Å². The molecule has 1 aromatic heterocycles. The van der Waals surface area contributed by atoms with Crippen molar-refractivity contribution < 1.29 is 4.79 Å². The number of nitrogens with one attached hydrogen (secondary N) is 2. The number of hydrogen-bond acceptors (Lipinski definition) is 3. The number of benzene rings is 1. The van der Waals surface area contributed by atoms with Gasteiger partial charge in [-0.2, -0.15) is 0 Å². The lowest BCUT2D eigenvalue weighted by molar-refractivity contribution is 0.101. The highest BCUT2D eigenvalue weighted by Crippen LogP contribution is 2.15. The zero-order valence-corrected chi connectivity index (χ0v) is 10.1. The van der Waals surface area contributed by atoms with Crippen LogP contribution in [0.4, 0.5) is 5.69 Å². The van der Waals surface area contributed by atoms with Gasteiger partial charge in [-0.25, -0.2) is 4.98 Å². The molecule has 0 aliphatic heterocycles. The number of nitrogens with zero attached hydrogens (tertiary/aromatic N) is 2. The number of aryl methyl sites for hydroxylation is 1. The molecule has 16 heavy (non-hydrogen) atoms. The smallest absolute Gasteiger partial charge is 0.295 e. The standard InChI is InChI=1S/C10H9BrN4O/c1-6-12-9(15-14-6)10(16)13-8-4-2-3-7(11)5-8/h2-5H,1H3,(H,13,16)(H,12,14,15). The molecule has 0 fully saturated rings. The highest BCUT2D eigenvalue weighted by Gasteiger charge is 2.10. The fourth-order valence-electron chi connectivity index (χ4n) is 1.20. The summed E-state index contributed by atoms with van der Waals surface area (Å²) in [5, 5.41) is 9.09. The largest absolute Gasteiger partial charge is 0.319 e. The van der Waals surface area contributed by atoms with Crippen LogP contribution in [0.25, 0.3) is 0 Å². The SMILES string of the molecule is Cc1nc(C(=O)Nc2cccc(Br)c2)n[nH]1. The molecule has 0 radical (unpaired) electrons. The second-order valence-electron chi connectivity index (χ2n) is 3.21. The van der Waals surface area contributed by atoms with Gasteiger partial charge in [-0.15, -0.1) is 5.10 Å². The number of aromatic nitrogens is 3. The number of carbonyl (C=O) groups excluding carboxylic acids is 1. The highest BCUT2D eigenvalue weighted by atomic mass is 79.9. The lowest BCUT2D eigenvalue weighted by Gasteiger charge is -2.02. The Morgan fingerprint density at radius 2 is 2.31 bits per heavy atom. The molecular formula is C10H9BrN4O. The van der Waals surface area contributed by atoms with Crippen molar-refractivity contribution in [2.45, 2.75) is 6.92 Å². The van der Waals surface area contributed by atoms with Crippen LogP contribution < -0.4 is 5.32 Å². The number of H-pyrrole nitrogens is 1. The summed E-state index contributed by atoms with van der Waals surface area (Å²) in [6.07, 6.45) is 0. The summed E-state index contributed by atoms with van der Waals surface area (Å²) in [6.45, 7) is 1.74. The fourth-order valence-corrected chi connectivity index (χ4v) is 1.60. The van der Waals surface area contributed by atoms with Gasteiger partial charge in [-0.3, -0.25) is 9.89 Å². The number of hydrogen-bond donors (Lipinski definition) is 2. The van der Waals surface area contributed by atoms with Crippen LogP contribution in [0.15, 0.2) is 28.7 Å². The third-order valence-corrected chi connectivity index (χ3v) is 2.38. The van der Waals surface area contributed by atoms with E-state index in [4.69, 9.17) is 0 Å². The summed E-state index contributed by atoms with van der Waals surface area (Å²) >= 11 is 3.32. The van der Waals surface area contributed by atoms with Crippen molar-refractivity contribution in [3.63, 3.8) is 0 Å². The summed E-state index contributed by atoms with van der Waals surface area (Å²) in [5.41, 5.74) is 0.696. The van der Waals surface area contributed by atoms with Crippen molar-refractivity contribution in [2.24, 2.45) is 0 Å². The van der Waals surface area contributed by atoms with Crippen molar-refractivity contribution >= 4 is 27.5 Å². The average Bonchev–Trinajstić information content (AvgIpc) is 2.65.